The zero-order valence-electron chi connectivity index (χ0n) is 6.47. The van der Waals surface area contributed by atoms with E-state index in [1.165, 1.54) is 5.57 Å². The predicted octanol–water partition coefficient (Wildman–Crippen LogP) is 1.80. The van der Waals surface area contributed by atoms with Gasteiger partial charge < -0.3 is 5.73 Å². The van der Waals surface area contributed by atoms with Crippen LogP contribution in [-0.4, -0.2) is 13.8 Å². The minimum absolute atomic E-state index is 0.212. The van der Waals surface area contributed by atoms with Crippen molar-refractivity contribution in [1.29, 1.82) is 0 Å². The molecule has 10 heavy (non-hydrogen) atoms. The summed E-state index contributed by atoms with van der Waals surface area (Å²) in [6.45, 7) is 4.16. The summed E-state index contributed by atoms with van der Waals surface area (Å²) in [6.07, 6.45) is 1.02. The van der Waals surface area contributed by atoms with Gasteiger partial charge in [-0.3, -0.25) is 0 Å². The van der Waals surface area contributed by atoms with Gasteiger partial charge >= 0.3 is 0 Å². The Kier molecular flexibility index (Phi) is 5.44. The molecular weight excluding hydrogens is 236 g/mol. The predicted molar refractivity (Wildman–Crippen MR) is 55.3 cm³/mol. The Morgan fingerprint density at radius 1 is 1.80 bits per heavy atom. The molecule has 0 bridgehead atoms. The van der Waals surface area contributed by atoms with Gasteiger partial charge in [-0.1, -0.05) is 35.1 Å². The van der Waals surface area contributed by atoms with Crippen LogP contribution >= 0.6 is 22.6 Å². The molecule has 0 saturated carbocycles. The number of hydrogen-bond acceptors (Lipinski definition) is 1. The zero-order chi connectivity index (χ0) is 8.15. The summed E-state index contributed by atoms with van der Waals surface area (Å²) in [6, 6.07) is 0. The molecule has 0 aromatic rings. The standard InChI is InChI=1S/C7H13BIN/c1-3-6(7(8)10)5(2)4-9/h4,6-7H,3,10H2,1-2H3/b5-4+. The van der Waals surface area contributed by atoms with Crippen LogP contribution in [0.1, 0.15) is 20.3 Å². The van der Waals surface area contributed by atoms with Gasteiger partial charge in [-0.05, 0) is 29.3 Å². The molecule has 2 unspecified atom stereocenters. The normalized spacial score (nSPS) is 18.6. The molecule has 0 amide bonds. The van der Waals surface area contributed by atoms with Crippen LogP contribution in [0.3, 0.4) is 0 Å². The van der Waals surface area contributed by atoms with Crippen LogP contribution in [0, 0.1) is 5.92 Å². The lowest BCUT2D eigenvalue weighted by molar-refractivity contribution is 0.566. The highest BCUT2D eigenvalue weighted by molar-refractivity contribution is 14.1. The highest BCUT2D eigenvalue weighted by Gasteiger charge is 2.11. The second-order valence-electron chi connectivity index (χ2n) is 2.45. The molecule has 3 heteroatoms. The van der Waals surface area contributed by atoms with Crippen LogP contribution in [0.15, 0.2) is 9.66 Å². The van der Waals surface area contributed by atoms with Crippen molar-refractivity contribution in [1.82, 2.24) is 0 Å². The summed E-state index contributed by atoms with van der Waals surface area (Å²) < 4.78 is 2.04. The second-order valence-corrected chi connectivity index (χ2v) is 3.07. The van der Waals surface area contributed by atoms with Gasteiger partial charge in [0, 0.05) is 0 Å². The van der Waals surface area contributed by atoms with Crippen molar-refractivity contribution in [3.8, 4) is 0 Å². The molecule has 0 fully saturated rings. The summed E-state index contributed by atoms with van der Waals surface area (Å²) in [5.74, 6) is 0.132. The molecule has 0 aliphatic rings. The molecule has 2 atom stereocenters. The zero-order valence-corrected chi connectivity index (χ0v) is 8.63. The molecule has 0 heterocycles. The van der Waals surface area contributed by atoms with E-state index in [2.05, 4.69) is 36.4 Å². The molecular formula is C7H13BIN. The van der Waals surface area contributed by atoms with Crippen molar-refractivity contribution in [2.45, 2.75) is 26.2 Å². The van der Waals surface area contributed by atoms with Crippen molar-refractivity contribution in [3.05, 3.63) is 9.66 Å². The van der Waals surface area contributed by atoms with Crippen LogP contribution in [0.4, 0.5) is 0 Å². The summed E-state index contributed by atoms with van der Waals surface area (Å²) in [5, 5.41) is 0. The van der Waals surface area contributed by atoms with Crippen molar-refractivity contribution >= 4 is 30.4 Å². The number of halogens is 1. The summed E-state index contributed by atoms with van der Waals surface area (Å²) in [7, 11) is 5.56. The van der Waals surface area contributed by atoms with Gasteiger partial charge in [0.1, 0.15) is 0 Å². The van der Waals surface area contributed by atoms with Gasteiger partial charge in [0.2, 0.25) is 0 Å². The molecule has 1 nitrogen and oxygen atoms in total. The third-order valence-electron chi connectivity index (χ3n) is 1.66. The van der Waals surface area contributed by atoms with Crippen molar-refractivity contribution in [3.63, 3.8) is 0 Å². The molecule has 0 aliphatic carbocycles. The largest absolute Gasteiger partial charge is 0.335 e. The maximum Gasteiger partial charge on any atom is 0.0911 e. The molecule has 2 radical (unpaired) electrons. The Bertz CT molecular complexity index is 123. The van der Waals surface area contributed by atoms with E-state index in [4.69, 9.17) is 13.6 Å². The van der Waals surface area contributed by atoms with E-state index in [1.54, 1.807) is 0 Å². The Labute approximate surface area is 78.0 Å². The van der Waals surface area contributed by atoms with E-state index in [1.807, 2.05) is 4.08 Å². The van der Waals surface area contributed by atoms with Gasteiger partial charge in [0.15, 0.2) is 0 Å². The molecule has 2 N–H and O–H groups in total. The lowest BCUT2D eigenvalue weighted by atomic mass is 9.79. The number of nitrogens with two attached hydrogens (primary N) is 1. The van der Waals surface area contributed by atoms with Crippen molar-refractivity contribution in [2.24, 2.45) is 11.7 Å². The van der Waals surface area contributed by atoms with Gasteiger partial charge in [-0.15, -0.1) is 0 Å². The van der Waals surface area contributed by atoms with Crippen LogP contribution in [0.5, 0.6) is 0 Å². The van der Waals surface area contributed by atoms with E-state index in [-0.39, 0.29) is 5.94 Å². The lowest BCUT2D eigenvalue weighted by Crippen LogP contribution is -2.30. The van der Waals surface area contributed by atoms with Gasteiger partial charge in [-0.25, -0.2) is 0 Å². The Balaban J connectivity index is 4.07. The Hall–Kier alpha value is 0.495. The minimum Gasteiger partial charge on any atom is -0.335 e. The first-order valence-electron chi connectivity index (χ1n) is 3.41. The van der Waals surface area contributed by atoms with Gasteiger partial charge in [-0.2, -0.15) is 0 Å². The Morgan fingerprint density at radius 3 is 2.40 bits per heavy atom. The van der Waals surface area contributed by atoms with Crippen molar-refractivity contribution in [2.75, 3.05) is 0 Å². The van der Waals surface area contributed by atoms with Crippen molar-refractivity contribution < 1.29 is 0 Å². The van der Waals surface area contributed by atoms with Crippen LogP contribution in [0.25, 0.3) is 0 Å². The molecule has 0 rings (SSSR count). The summed E-state index contributed by atoms with van der Waals surface area (Å²) in [4.78, 5) is 0. The summed E-state index contributed by atoms with van der Waals surface area (Å²) in [5.41, 5.74) is 6.83. The molecule has 0 saturated heterocycles. The first kappa shape index (κ1) is 10.5. The number of rotatable bonds is 3. The summed E-state index contributed by atoms with van der Waals surface area (Å²) >= 11 is 2.21. The molecule has 56 valence electrons. The third-order valence-corrected chi connectivity index (χ3v) is 2.64. The van der Waals surface area contributed by atoms with Crippen LogP contribution in [-0.2, 0) is 0 Å². The first-order chi connectivity index (χ1) is 4.63. The fourth-order valence-corrected chi connectivity index (χ4v) is 1.44. The quantitative estimate of drug-likeness (QED) is 0.599. The molecule has 0 spiro atoms. The maximum atomic E-state index is 5.56. The smallest absolute Gasteiger partial charge is 0.0911 e. The average molecular weight is 249 g/mol. The van der Waals surface area contributed by atoms with E-state index in [9.17, 15) is 0 Å². The average Bonchev–Trinajstić information content (AvgIpc) is 1.88. The van der Waals surface area contributed by atoms with E-state index in [0.29, 0.717) is 5.92 Å². The van der Waals surface area contributed by atoms with E-state index in [0.717, 1.165) is 6.42 Å². The molecule has 0 aromatic carbocycles. The minimum atomic E-state index is -0.212. The van der Waals surface area contributed by atoms with Gasteiger partial charge in [0.25, 0.3) is 0 Å². The topological polar surface area (TPSA) is 26.0 Å². The Morgan fingerprint density at radius 2 is 2.30 bits per heavy atom. The fraction of sp³-hybridized carbons (Fsp3) is 0.714. The molecule has 0 aromatic heterocycles. The van der Waals surface area contributed by atoms with Crippen LogP contribution < -0.4 is 5.73 Å². The van der Waals surface area contributed by atoms with Crippen LogP contribution in [0.2, 0.25) is 0 Å². The molecule has 0 aliphatic heterocycles. The maximum absolute atomic E-state index is 5.56. The number of hydrogen-bond donors (Lipinski definition) is 1. The third kappa shape index (κ3) is 3.06. The SMILES string of the molecule is [B]C(N)C(CC)/C(C)=C/I. The second kappa shape index (κ2) is 5.19. The highest BCUT2D eigenvalue weighted by atomic mass is 127. The van der Waals surface area contributed by atoms with E-state index < -0.39 is 0 Å². The fourth-order valence-electron chi connectivity index (χ4n) is 0.979. The first-order valence-corrected chi connectivity index (χ1v) is 4.66. The van der Waals surface area contributed by atoms with E-state index >= 15 is 0 Å². The highest BCUT2D eigenvalue weighted by Crippen LogP contribution is 2.17. The monoisotopic (exact) mass is 249 g/mol. The van der Waals surface area contributed by atoms with Gasteiger partial charge in [0.05, 0.1) is 7.85 Å². The lowest BCUT2D eigenvalue weighted by Gasteiger charge is -2.19.